The van der Waals surface area contributed by atoms with Gasteiger partial charge in [-0.25, -0.2) is 0 Å². The average Bonchev–Trinajstić information content (AvgIpc) is 2.49. The van der Waals surface area contributed by atoms with Gasteiger partial charge in [-0.2, -0.15) is 0 Å². The van der Waals surface area contributed by atoms with Crippen LogP contribution in [0.3, 0.4) is 0 Å². The van der Waals surface area contributed by atoms with E-state index < -0.39 is 0 Å². The van der Waals surface area contributed by atoms with Crippen LogP contribution < -0.4 is 16.9 Å². The molecule has 0 saturated carbocycles. The lowest BCUT2D eigenvalue weighted by atomic mass is 9.85. The molecule has 1 atom stereocenters. The fourth-order valence-corrected chi connectivity index (χ4v) is 1.56. The number of anilines is 1. The molecule has 3 nitrogen and oxygen atoms in total. The van der Waals surface area contributed by atoms with Crippen molar-refractivity contribution in [3.63, 3.8) is 0 Å². The van der Waals surface area contributed by atoms with Gasteiger partial charge in [-0.3, -0.25) is 0 Å². The molecule has 0 fully saturated rings. The topological polar surface area (TPSA) is 61.3 Å². The van der Waals surface area contributed by atoms with Crippen molar-refractivity contribution in [3.05, 3.63) is 23.8 Å². The number of hydrogen-bond donors (Lipinski definition) is 2. The van der Waals surface area contributed by atoms with E-state index in [1.165, 1.54) is 0 Å². The molecule has 0 unspecified atom stereocenters. The first-order valence-electron chi connectivity index (χ1n) is 4.02. The monoisotopic (exact) mass is 162 g/mol. The quantitative estimate of drug-likeness (QED) is 0.423. The van der Waals surface area contributed by atoms with Crippen LogP contribution in [0.25, 0.3) is 0 Å². The second-order valence-corrected chi connectivity index (χ2v) is 2.95. The van der Waals surface area contributed by atoms with Gasteiger partial charge >= 0.3 is 7.48 Å². The molecular formula is C8H11BN2O. The molecule has 62 valence electrons. The molecule has 0 spiro atoms. The number of rotatable bonds is 1. The Balaban J connectivity index is 2.46. The number of nitrogen functional groups attached to an aromatic ring is 1. The maximum absolute atomic E-state index is 5.77. The smallest absolute Gasteiger partial charge is 0.311 e. The summed E-state index contributed by atoms with van der Waals surface area (Å²) in [5.41, 5.74) is 14.4. The first-order chi connectivity index (χ1) is 5.83. The van der Waals surface area contributed by atoms with Crippen LogP contribution in [0.1, 0.15) is 11.7 Å². The second kappa shape index (κ2) is 2.81. The van der Waals surface area contributed by atoms with Crippen molar-refractivity contribution in [2.24, 2.45) is 5.73 Å². The molecule has 4 N–H and O–H groups in total. The summed E-state index contributed by atoms with van der Waals surface area (Å²) in [5, 5.41) is 0. The summed E-state index contributed by atoms with van der Waals surface area (Å²) in [6.07, 6.45) is 0.0449. The lowest BCUT2D eigenvalue weighted by Gasteiger charge is -2.08. The molecule has 0 bridgehead atoms. The molecule has 0 saturated heterocycles. The van der Waals surface area contributed by atoms with Crippen LogP contribution in [-0.4, -0.2) is 14.0 Å². The molecule has 1 aromatic rings. The summed E-state index contributed by atoms with van der Waals surface area (Å²) < 4.78 is 5.45. The van der Waals surface area contributed by atoms with E-state index in [0.29, 0.717) is 14.0 Å². The highest BCUT2D eigenvalue weighted by molar-refractivity contribution is 6.51. The van der Waals surface area contributed by atoms with Gasteiger partial charge in [-0.15, -0.1) is 0 Å². The van der Waals surface area contributed by atoms with Crippen molar-refractivity contribution < 1.29 is 4.65 Å². The van der Waals surface area contributed by atoms with Crippen LogP contribution in [0.4, 0.5) is 5.69 Å². The van der Waals surface area contributed by atoms with Gasteiger partial charge in [0.1, 0.15) is 0 Å². The third-order valence-electron chi connectivity index (χ3n) is 2.24. The van der Waals surface area contributed by atoms with Gasteiger partial charge in [0.05, 0.1) is 6.10 Å². The standard InChI is InChI=1S/C8H11BN2O/c10-4-7-5-2-1-3-6(11)8(5)9-12-7/h1-3,7,9H,4,10-11H2/t7-/m1/s1. The molecule has 0 aliphatic carbocycles. The number of hydrogen-bond acceptors (Lipinski definition) is 3. The Morgan fingerprint density at radius 1 is 1.50 bits per heavy atom. The largest absolute Gasteiger partial charge is 0.426 e. The Bertz CT molecular complexity index is 303. The van der Waals surface area contributed by atoms with Crippen molar-refractivity contribution in [1.82, 2.24) is 0 Å². The third-order valence-corrected chi connectivity index (χ3v) is 2.24. The fourth-order valence-electron chi connectivity index (χ4n) is 1.56. The van der Waals surface area contributed by atoms with Crippen LogP contribution in [0.15, 0.2) is 18.2 Å². The first-order valence-corrected chi connectivity index (χ1v) is 4.02. The van der Waals surface area contributed by atoms with Crippen LogP contribution in [0, 0.1) is 0 Å². The van der Waals surface area contributed by atoms with Gasteiger partial charge in [0.15, 0.2) is 0 Å². The number of fused-ring (bicyclic) bond motifs is 1. The lowest BCUT2D eigenvalue weighted by molar-refractivity contribution is 0.243. The summed E-state index contributed by atoms with van der Waals surface area (Å²) in [4.78, 5) is 0. The molecule has 1 heterocycles. The highest BCUT2D eigenvalue weighted by atomic mass is 16.4. The van der Waals surface area contributed by atoms with E-state index in [9.17, 15) is 0 Å². The minimum absolute atomic E-state index is 0.0449. The zero-order valence-electron chi connectivity index (χ0n) is 6.79. The van der Waals surface area contributed by atoms with Crippen molar-refractivity contribution in [2.75, 3.05) is 12.3 Å². The molecule has 1 aromatic carbocycles. The van der Waals surface area contributed by atoms with Gasteiger partial charge in [0, 0.05) is 12.2 Å². The predicted octanol–water partition coefficient (Wildman–Crippen LogP) is -0.724. The number of nitrogens with two attached hydrogens (primary N) is 2. The minimum Gasteiger partial charge on any atom is -0.426 e. The van der Waals surface area contributed by atoms with E-state index >= 15 is 0 Å². The summed E-state index contributed by atoms with van der Waals surface area (Å²) >= 11 is 0. The summed E-state index contributed by atoms with van der Waals surface area (Å²) in [6.45, 7) is 0.524. The van der Waals surface area contributed by atoms with Gasteiger partial charge in [-0.05, 0) is 17.1 Å². The molecule has 0 radical (unpaired) electrons. The zero-order chi connectivity index (χ0) is 8.55. The van der Waals surface area contributed by atoms with Gasteiger partial charge < -0.3 is 16.1 Å². The van der Waals surface area contributed by atoms with Crippen molar-refractivity contribution in [2.45, 2.75) is 6.10 Å². The van der Waals surface area contributed by atoms with Crippen LogP contribution in [0.5, 0.6) is 0 Å². The van der Waals surface area contributed by atoms with Crippen molar-refractivity contribution >= 4 is 18.6 Å². The number of benzene rings is 1. The second-order valence-electron chi connectivity index (χ2n) is 2.95. The molecule has 1 aliphatic rings. The van der Waals surface area contributed by atoms with E-state index in [1.807, 2.05) is 18.2 Å². The van der Waals surface area contributed by atoms with E-state index in [1.54, 1.807) is 0 Å². The predicted molar refractivity (Wildman–Crippen MR) is 50.5 cm³/mol. The average molecular weight is 162 g/mol. The molecule has 0 aromatic heterocycles. The highest BCUT2D eigenvalue weighted by Gasteiger charge is 2.24. The fraction of sp³-hybridized carbons (Fsp3) is 0.250. The zero-order valence-corrected chi connectivity index (χ0v) is 6.79. The van der Waals surface area contributed by atoms with Crippen LogP contribution in [0.2, 0.25) is 0 Å². The maximum atomic E-state index is 5.77. The molecule has 0 amide bonds. The van der Waals surface area contributed by atoms with Crippen LogP contribution in [-0.2, 0) is 4.65 Å². The van der Waals surface area contributed by atoms with Crippen molar-refractivity contribution in [1.29, 1.82) is 0 Å². The van der Waals surface area contributed by atoms with Gasteiger partial charge in [-0.1, -0.05) is 12.1 Å². The Labute approximate surface area is 72.0 Å². The van der Waals surface area contributed by atoms with Crippen molar-refractivity contribution in [3.8, 4) is 0 Å². The van der Waals surface area contributed by atoms with Gasteiger partial charge in [0.2, 0.25) is 0 Å². The lowest BCUT2D eigenvalue weighted by Crippen LogP contribution is -2.16. The molecular weight excluding hydrogens is 151 g/mol. The van der Waals surface area contributed by atoms with Crippen LogP contribution >= 0.6 is 0 Å². The third kappa shape index (κ3) is 1.00. The SMILES string of the molecule is NC[C@H]1OBc2c(N)cccc21. The Hall–Kier alpha value is -0.995. The molecule has 4 heteroatoms. The Morgan fingerprint density at radius 2 is 2.33 bits per heavy atom. The highest BCUT2D eigenvalue weighted by Crippen LogP contribution is 2.21. The molecule has 12 heavy (non-hydrogen) atoms. The summed E-state index contributed by atoms with van der Waals surface area (Å²) in [6, 6.07) is 5.85. The maximum Gasteiger partial charge on any atom is 0.311 e. The normalized spacial score (nSPS) is 20.2. The Kier molecular flexibility index (Phi) is 1.79. The molecule has 2 rings (SSSR count). The van der Waals surface area contributed by atoms with E-state index in [2.05, 4.69) is 0 Å². The van der Waals surface area contributed by atoms with E-state index in [4.69, 9.17) is 16.1 Å². The van der Waals surface area contributed by atoms with E-state index in [-0.39, 0.29) is 6.10 Å². The van der Waals surface area contributed by atoms with Gasteiger partial charge in [0.25, 0.3) is 0 Å². The summed E-state index contributed by atoms with van der Waals surface area (Å²) in [5.74, 6) is 0. The van der Waals surface area contributed by atoms with E-state index in [0.717, 1.165) is 16.7 Å². The first kappa shape index (κ1) is 7.64. The summed E-state index contributed by atoms with van der Waals surface area (Å²) in [7, 11) is 0.601. The molecule has 1 aliphatic heterocycles. The Morgan fingerprint density at radius 3 is 3.08 bits per heavy atom. The minimum atomic E-state index is 0.0449.